The zero-order valence-corrected chi connectivity index (χ0v) is 14.7. The third-order valence-electron chi connectivity index (χ3n) is 4.60. The van der Waals surface area contributed by atoms with Crippen molar-refractivity contribution >= 4 is 54.9 Å². The first-order valence-corrected chi connectivity index (χ1v) is 9.63. The molecular formula is C18H16N4S2. The second kappa shape index (κ2) is 5.72. The molecule has 0 saturated carbocycles. The number of rotatable bonds is 2. The van der Waals surface area contributed by atoms with Crippen molar-refractivity contribution in [3.63, 3.8) is 0 Å². The van der Waals surface area contributed by atoms with Crippen LogP contribution in [0.1, 0.15) is 0 Å². The van der Waals surface area contributed by atoms with E-state index in [1.807, 2.05) is 0 Å². The van der Waals surface area contributed by atoms with E-state index in [1.165, 1.54) is 20.2 Å². The predicted molar refractivity (Wildman–Crippen MR) is 104 cm³/mol. The van der Waals surface area contributed by atoms with Crippen LogP contribution in [0.25, 0.3) is 20.2 Å². The van der Waals surface area contributed by atoms with Crippen LogP contribution < -0.4 is 9.80 Å². The van der Waals surface area contributed by atoms with Crippen molar-refractivity contribution < 1.29 is 0 Å². The summed E-state index contributed by atoms with van der Waals surface area (Å²) in [6, 6.07) is 17.0. The zero-order valence-electron chi connectivity index (χ0n) is 13.1. The fourth-order valence-corrected chi connectivity index (χ4v) is 4.92. The summed E-state index contributed by atoms with van der Waals surface area (Å²) in [5.41, 5.74) is 0. The van der Waals surface area contributed by atoms with Crippen LogP contribution in [0.15, 0.2) is 48.5 Å². The molecule has 6 heteroatoms. The first-order chi connectivity index (χ1) is 11.9. The van der Waals surface area contributed by atoms with Crippen molar-refractivity contribution in [1.29, 1.82) is 0 Å². The molecule has 0 aliphatic carbocycles. The van der Waals surface area contributed by atoms with Crippen LogP contribution in [0.5, 0.6) is 0 Å². The molecule has 0 atom stereocenters. The summed E-state index contributed by atoms with van der Waals surface area (Å²) >= 11 is 3.18. The van der Waals surface area contributed by atoms with Gasteiger partial charge in [0.25, 0.3) is 0 Å². The summed E-state index contributed by atoms with van der Waals surface area (Å²) < 4.78 is 11.9. The minimum atomic E-state index is 0.986. The molecule has 3 heterocycles. The first-order valence-electron chi connectivity index (χ1n) is 8.09. The summed E-state index contributed by atoms with van der Waals surface area (Å²) in [7, 11) is 0. The van der Waals surface area contributed by atoms with Gasteiger partial charge >= 0.3 is 0 Å². The topological polar surface area (TPSA) is 32.3 Å². The SMILES string of the molecule is c1ccc2c(N3CCN(c4nsc5ccccc45)CC3)nsc2c1. The van der Waals surface area contributed by atoms with Crippen LogP contribution in [0.4, 0.5) is 11.6 Å². The molecule has 0 spiro atoms. The number of fused-ring (bicyclic) bond motifs is 2. The molecule has 4 aromatic rings. The highest BCUT2D eigenvalue weighted by Gasteiger charge is 2.23. The van der Waals surface area contributed by atoms with Gasteiger partial charge in [0, 0.05) is 37.0 Å². The molecule has 0 N–H and O–H groups in total. The van der Waals surface area contributed by atoms with E-state index in [9.17, 15) is 0 Å². The van der Waals surface area contributed by atoms with Gasteiger partial charge in [-0.3, -0.25) is 0 Å². The quantitative estimate of drug-likeness (QED) is 0.540. The molecule has 1 fully saturated rings. The Morgan fingerprint density at radius 3 is 1.50 bits per heavy atom. The summed E-state index contributed by atoms with van der Waals surface area (Å²) in [6.45, 7) is 3.94. The molecule has 5 rings (SSSR count). The average Bonchev–Trinajstić information content (AvgIpc) is 3.26. The van der Waals surface area contributed by atoms with Crippen molar-refractivity contribution in [2.24, 2.45) is 0 Å². The Kier molecular flexibility index (Phi) is 3.38. The Hall–Kier alpha value is -2.18. The van der Waals surface area contributed by atoms with E-state index < -0.39 is 0 Å². The molecule has 1 aliphatic rings. The molecule has 24 heavy (non-hydrogen) atoms. The number of anilines is 2. The van der Waals surface area contributed by atoms with Gasteiger partial charge in [0.15, 0.2) is 0 Å². The van der Waals surface area contributed by atoms with Crippen molar-refractivity contribution in [2.75, 3.05) is 36.0 Å². The van der Waals surface area contributed by atoms with Crippen LogP contribution in [0.2, 0.25) is 0 Å². The van der Waals surface area contributed by atoms with Crippen molar-refractivity contribution in [1.82, 2.24) is 8.75 Å². The lowest BCUT2D eigenvalue weighted by atomic mass is 10.2. The third kappa shape index (κ3) is 2.25. The smallest absolute Gasteiger partial charge is 0.150 e. The molecule has 2 aromatic carbocycles. The average molecular weight is 352 g/mol. The number of nitrogens with zero attached hydrogens (tertiary/aromatic N) is 4. The molecule has 0 bridgehead atoms. The van der Waals surface area contributed by atoms with Gasteiger partial charge in [-0.2, -0.15) is 8.75 Å². The third-order valence-corrected chi connectivity index (χ3v) is 6.23. The highest BCUT2D eigenvalue weighted by molar-refractivity contribution is 7.14. The second-order valence-corrected chi connectivity index (χ2v) is 7.59. The zero-order chi connectivity index (χ0) is 15.9. The summed E-state index contributed by atoms with van der Waals surface area (Å²) in [5, 5.41) is 2.55. The first kappa shape index (κ1) is 14.2. The predicted octanol–water partition coefficient (Wildman–Crippen LogP) is 4.23. The van der Waals surface area contributed by atoms with Gasteiger partial charge in [-0.25, -0.2) is 0 Å². The molecule has 2 aromatic heterocycles. The van der Waals surface area contributed by atoms with Gasteiger partial charge in [0.1, 0.15) is 11.6 Å². The van der Waals surface area contributed by atoms with Crippen LogP contribution >= 0.6 is 23.1 Å². The monoisotopic (exact) mass is 352 g/mol. The Morgan fingerprint density at radius 1 is 0.625 bits per heavy atom. The lowest BCUT2D eigenvalue weighted by Gasteiger charge is -2.35. The summed E-state index contributed by atoms with van der Waals surface area (Å²) in [6.07, 6.45) is 0. The largest absolute Gasteiger partial charge is 0.352 e. The number of aromatic nitrogens is 2. The minimum absolute atomic E-state index is 0.986. The van der Waals surface area contributed by atoms with E-state index in [0.717, 1.165) is 37.8 Å². The van der Waals surface area contributed by atoms with Gasteiger partial charge in [-0.15, -0.1) is 0 Å². The van der Waals surface area contributed by atoms with E-state index in [2.05, 4.69) is 58.3 Å². The molecule has 0 radical (unpaired) electrons. The molecule has 120 valence electrons. The molecule has 0 unspecified atom stereocenters. The molecule has 4 nitrogen and oxygen atoms in total. The van der Waals surface area contributed by atoms with Gasteiger partial charge in [-0.05, 0) is 47.3 Å². The molecular weight excluding hydrogens is 336 g/mol. The summed E-state index contributed by atoms with van der Waals surface area (Å²) in [5.74, 6) is 2.27. The number of piperazine rings is 1. The van der Waals surface area contributed by atoms with Gasteiger partial charge < -0.3 is 9.80 Å². The Morgan fingerprint density at radius 2 is 1.04 bits per heavy atom. The van der Waals surface area contributed by atoms with Crippen LogP contribution in [0, 0.1) is 0 Å². The van der Waals surface area contributed by atoms with Crippen molar-refractivity contribution in [3.05, 3.63) is 48.5 Å². The lowest BCUT2D eigenvalue weighted by Crippen LogP contribution is -2.46. The Bertz CT molecular complexity index is 916. The van der Waals surface area contributed by atoms with E-state index in [-0.39, 0.29) is 0 Å². The normalized spacial score (nSPS) is 15.5. The molecule has 1 saturated heterocycles. The minimum Gasteiger partial charge on any atom is -0.352 e. The fraction of sp³-hybridized carbons (Fsp3) is 0.222. The second-order valence-electron chi connectivity index (χ2n) is 5.98. The highest BCUT2D eigenvalue weighted by atomic mass is 32.1. The lowest BCUT2D eigenvalue weighted by molar-refractivity contribution is 0.649. The maximum Gasteiger partial charge on any atom is 0.150 e. The maximum absolute atomic E-state index is 4.69. The molecule has 0 amide bonds. The van der Waals surface area contributed by atoms with Gasteiger partial charge in [0.2, 0.25) is 0 Å². The van der Waals surface area contributed by atoms with Crippen LogP contribution in [-0.2, 0) is 0 Å². The highest BCUT2D eigenvalue weighted by Crippen LogP contribution is 2.32. The Balaban J connectivity index is 1.39. The standard InChI is InChI=1S/C18H16N4S2/c1-3-7-15-13(5-1)17(19-23-15)21-9-11-22(12-10-21)18-14-6-2-4-8-16(14)24-20-18/h1-8H,9-12H2. The number of hydrogen-bond acceptors (Lipinski definition) is 6. The molecule has 1 aliphatic heterocycles. The van der Waals surface area contributed by atoms with E-state index in [4.69, 9.17) is 8.75 Å². The van der Waals surface area contributed by atoms with Crippen LogP contribution in [0.3, 0.4) is 0 Å². The van der Waals surface area contributed by atoms with Gasteiger partial charge in [0.05, 0.1) is 9.40 Å². The maximum atomic E-state index is 4.69. The van der Waals surface area contributed by atoms with Crippen molar-refractivity contribution in [3.8, 4) is 0 Å². The van der Waals surface area contributed by atoms with Gasteiger partial charge in [-0.1, -0.05) is 24.3 Å². The van der Waals surface area contributed by atoms with Crippen LogP contribution in [-0.4, -0.2) is 34.9 Å². The number of benzene rings is 2. The van der Waals surface area contributed by atoms with E-state index in [1.54, 1.807) is 23.1 Å². The van der Waals surface area contributed by atoms with E-state index >= 15 is 0 Å². The number of hydrogen-bond donors (Lipinski definition) is 0. The van der Waals surface area contributed by atoms with Crippen molar-refractivity contribution in [2.45, 2.75) is 0 Å². The van der Waals surface area contributed by atoms with E-state index in [0.29, 0.717) is 0 Å². The fourth-order valence-electron chi connectivity index (χ4n) is 3.33. The Labute approximate surface area is 148 Å². The summed E-state index contributed by atoms with van der Waals surface area (Å²) in [4.78, 5) is 4.81.